The molecule has 0 heterocycles. The van der Waals surface area contributed by atoms with Gasteiger partial charge in [-0.15, -0.1) is 0 Å². The summed E-state index contributed by atoms with van der Waals surface area (Å²) in [7, 11) is 0. The summed E-state index contributed by atoms with van der Waals surface area (Å²) < 4.78 is 5.49. The van der Waals surface area contributed by atoms with Gasteiger partial charge in [-0.2, -0.15) is 0 Å². The summed E-state index contributed by atoms with van der Waals surface area (Å²) in [5, 5.41) is 9.91. The molecule has 0 radical (unpaired) electrons. The van der Waals surface area contributed by atoms with Crippen molar-refractivity contribution in [1.29, 1.82) is 0 Å². The lowest BCUT2D eigenvalue weighted by Gasteiger charge is -2.22. The molecule has 0 saturated heterocycles. The van der Waals surface area contributed by atoms with Gasteiger partial charge in [-0.3, -0.25) is 9.59 Å². The number of fused-ring (bicyclic) bond motifs is 2. The molecule has 0 saturated carbocycles. The predicted molar refractivity (Wildman–Crippen MR) is 184 cm³/mol. The maximum absolute atomic E-state index is 14.1. The van der Waals surface area contributed by atoms with Crippen LogP contribution in [0.1, 0.15) is 23.6 Å². The minimum absolute atomic E-state index is 0.0449. The number of hydrogen-bond donors (Lipinski definition) is 2. The van der Waals surface area contributed by atoms with Gasteiger partial charge in [0.2, 0.25) is 5.91 Å². The van der Waals surface area contributed by atoms with Crippen LogP contribution in [0.5, 0.6) is 0 Å². The molecule has 6 aromatic carbocycles. The highest BCUT2D eigenvalue weighted by Gasteiger charge is 2.25. The lowest BCUT2D eigenvalue weighted by atomic mass is 9.87. The lowest BCUT2D eigenvalue weighted by molar-refractivity contribution is -0.118. The fraction of sp³-hybridized carbons (Fsp3) is 0.125. The number of hydrogen-bond acceptors (Lipinski definition) is 4. The molecule has 0 bridgehead atoms. The molecule has 6 rings (SSSR count). The number of alkyl carbamates (subject to hydrolysis) is 1. The van der Waals surface area contributed by atoms with Gasteiger partial charge in [0, 0.05) is 24.1 Å². The van der Waals surface area contributed by atoms with Crippen molar-refractivity contribution in [2.45, 2.75) is 32.4 Å². The molecule has 2 amide bonds. The molecule has 0 aliphatic rings. The van der Waals surface area contributed by atoms with Gasteiger partial charge in [0.1, 0.15) is 18.4 Å². The number of amides is 2. The molecule has 1 unspecified atom stereocenters. The van der Waals surface area contributed by atoms with Crippen LogP contribution in [0, 0.1) is 0 Å². The van der Waals surface area contributed by atoms with Gasteiger partial charge in [0.05, 0.1) is 0 Å². The quantitative estimate of drug-likeness (QED) is 0.164. The van der Waals surface area contributed by atoms with Crippen molar-refractivity contribution in [1.82, 2.24) is 5.32 Å². The zero-order valence-corrected chi connectivity index (χ0v) is 25.5. The van der Waals surface area contributed by atoms with Crippen molar-refractivity contribution < 1.29 is 19.1 Å². The normalized spacial score (nSPS) is 11.6. The molecule has 46 heavy (non-hydrogen) atoms. The van der Waals surface area contributed by atoms with Gasteiger partial charge in [0.25, 0.3) is 0 Å². The van der Waals surface area contributed by atoms with E-state index in [0.717, 1.165) is 49.4 Å². The first-order valence-electron chi connectivity index (χ1n) is 15.3. The Kier molecular flexibility index (Phi) is 9.16. The van der Waals surface area contributed by atoms with Crippen molar-refractivity contribution in [3.8, 4) is 11.1 Å². The minimum atomic E-state index is -0.922. The van der Waals surface area contributed by atoms with E-state index in [2.05, 4.69) is 10.6 Å². The van der Waals surface area contributed by atoms with Crippen LogP contribution in [-0.2, 0) is 33.8 Å². The van der Waals surface area contributed by atoms with Crippen LogP contribution in [0.4, 0.5) is 10.5 Å². The summed E-state index contributed by atoms with van der Waals surface area (Å²) in [5.41, 5.74) is 4.92. The molecule has 6 heteroatoms. The minimum Gasteiger partial charge on any atom is -0.445 e. The van der Waals surface area contributed by atoms with Gasteiger partial charge >= 0.3 is 6.09 Å². The van der Waals surface area contributed by atoms with Crippen LogP contribution >= 0.6 is 0 Å². The van der Waals surface area contributed by atoms with Gasteiger partial charge in [0.15, 0.2) is 0 Å². The van der Waals surface area contributed by atoms with Crippen LogP contribution in [0.15, 0.2) is 133 Å². The number of benzene rings is 6. The first kappa shape index (κ1) is 30.3. The molecule has 228 valence electrons. The van der Waals surface area contributed by atoms with E-state index < -0.39 is 12.1 Å². The smallest absolute Gasteiger partial charge is 0.408 e. The van der Waals surface area contributed by atoms with Gasteiger partial charge in [-0.1, -0.05) is 127 Å². The van der Waals surface area contributed by atoms with Gasteiger partial charge in [-0.05, 0) is 56.8 Å². The zero-order valence-electron chi connectivity index (χ0n) is 25.5. The maximum Gasteiger partial charge on any atom is 0.408 e. The third-order valence-electron chi connectivity index (χ3n) is 8.00. The number of carbonyl (C=O) groups excluding carboxylic acids is 3. The SMILES string of the molecule is CC(=O)Cc1ccc2ccccc2c1-c1c(NC(=O)C(Cc2ccccc2)NC(=O)OCc2ccccc2)ccc2ccccc12. The first-order chi connectivity index (χ1) is 22.5. The summed E-state index contributed by atoms with van der Waals surface area (Å²) in [5.74, 6) is -0.339. The second-order valence-electron chi connectivity index (χ2n) is 11.3. The molecule has 0 aromatic heterocycles. The zero-order chi connectivity index (χ0) is 31.9. The molecule has 0 spiro atoms. The van der Waals surface area contributed by atoms with Crippen LogP contribution in [0.25, 0.3) is 32.7 Å². The number of Topliss-reactive ketones (excluding diaryl/α,β-unsaturated/α-hetero) is 1. The van der Waals surface area contributed by atoms with Crippen molar-refractivity contribution in [3.05, 3.63) is 150 Å². The lowest BCUT2D eigenvalue weighted by Crippen LogP contribution is -2.45. The molecule has 0 fully saturated rings. The molecule has 6 aromatic rings. The maximum atomic E-state index is 14.1. The second kappa shape index (κ2) is 13.9. The first-order valence-corrected chi connectivity index (χ1v) is 15.3. The van der Waals surface area contributed by atoms with E-state index in [0.29, 0.717) is 5.69 Å². The molecular formula is C40H34N2O4. The monoisotopic (exact) mass is 606 g/mol. The Morgan fingerprint density at radius 1 is 0.630 bits per heavy atom. The number of ketones is 1. The summed E-state index contributed by atoms with van der Waals surface area (Å²) in [6.07, 6.45) is -0.168. The average Bonchev–Trinajstić information content (AvgIpc) is 3.08. The molecule has 1 atom stereocenters. The highest BCUT2D eigenvalue weighted by molar-refractivity contribution is 6.14. The van der Waals surface area contributed by atoms with Crippen molar-refractivity contribution >= 4 is 45.0 Å². The van der Waals surface area contributed by atoms with Gasteiger partial charge in [-0.25, -0.2) is 4.79 Å². The van der Waals surface area contributed by atoms with Crippen LogP contribution in [0.3, 0.4) is 0 Å². The fourth-order valence-corrected chi connectivity index (χ4v) is 5.86. The fourth-order valence-electron chi connectivity index (χ4n) is 5.86. The van der Waals surface area contributed by atoms with Crippen LogP contribution in [-0.4, -0.2) is 23.8 Å². The third kappa shape index (κ3) is 6.97. The average molecular weight is 607 g/mol. The molecular weight excluding hydrogens is 572 g/mol. The van der Waals surface area contributed by atoms with Crippen LogP contribution in [0.2, 0.25) is 0 Å². The summed E-state index contributed by atoms with van der Waals surface area (Å²) in [6.45, 7) is 1.67. The molecule has 2 N–H and O–H groups in total. The van der Waals surface area contributed by atoms with E-state index in [1.54, 1.807) is 6.92 Å². The van der Waals surface area contributed by atoms with E-state index in [1.165, 1.54) is 0 Å². The van der Waals surface area contributed by atoms with Crippen LogP contribution < -0.4 is 10.6 Å². The molecule has 0 aliphatic heterocycles. The summed E-state index contributed by atoms with van der Waals surface area (Å²) >= 11 is 0. The Balaban J connectivity index is 1.40. The Hall–Kier alpha value is -5.75. The topological polar surface area (TPSA) is 84.5 Å². The number of rotatable bonds is 10. The third-order valence-corrected chi connectivity index (χ3v) is 8.00. The highest BCUT2D eigenvalue weighted by atomic mass is 16.5. The Labute approximate surface area is 268 Å². The number of nitrogens with one attached hydrogen (secondary N) is 2. The standard InChI is InChI=1S/C40H34N2O4/c1-27(43)24-32-21-20-30-16-8-10-18-33(30)37(32)38-34-19-11-9-17-31(34)22-23-35(38)41-39(44)36(25-28-12-4-2-5-13-28)42-40(45)46-26-29-14-6-3-7-15-29/h2-23,36H,24-26H2,1H3,(H,41,44)(H,42,45). The van der Waals surface area contributed by atoms with E-state index >= 15 is 0 Å². The van der Waals surface area contributed by atoms with Gasteiger partial charge < -0.3 is 15.4 Å². The predicted octanol–water partition coefficient (Wildman–Crippen LogP) is 8.27. The highest BCUT2D eigenvalue weighted by Crippen LogP contribution is 2.41. The van der Waals surface area contributed by atoms with E-state index in [9.17, 15) is 14.4 Å². The molecule has 6 nitrogen and oxygen atoms in total. The Bertz CT molecular complexity index is 2020. The summed E-state index contributed by atoms with van der Waals surface area (Å²) in [4.78, 5) is 39.6. The number of anilines is 1. The van der Waals surface area contributed by atoms with Crippen molar-refractivity contribution in [3.63, 3.8) is 0 Å². The number of carbonyl (C=O) groups is 3. The van der Waals surface area contributed by atoms with Crippen molar-refractivity contribution in [2.24, 2.45) is 0 Å². The van der Waals surface area contributed by atoms with E-state index in [-0.39, 0.29) is 31.1 Å². The summed E-state index contributed by atoms with van der Waals surface area (Å²) in [6, 6.07) is 42.0. The molecule has 0 aliphatic carbocycles. The Morgan fingerprint density at radius 3 is 1.85 bits per heavy atom. The number of ether oxygens (including phenoxy) is 1. The Morgan fingerprint density at radius 2 is 1.20 bits per heavy atom. The van der Waals surface area contributed by atoms with E-state index in [4.69, 9.17) is 4.74 Å². The second-order valence-corrected chi connectivity index (χ2v) is 11.3. The van der Waals surface area contributed by atoms with Crippen molar-refractivity contribution in [2.75, 3.05) is 5.32 Å². The largest absolute Gasteiger partial charge is 0.445 e. The van der Waals surface area contributed by atoms with E-state index in [1.807, 2.05) is 133 Å².